The first-order chi connectivity index (χ1) is 6.07. The number of halogens is 3. The van der Waals surface area contributed by atoms with Crippen molar-refractivity contribution in [3.63, 3.8) is 0 Å². The Balaban J connectivity index is 2.56. The first-order valence-electron chi connectivity index (χ1n) is 3.34. The highest BCUT2D eigenvalue weighted by Crippen LogP contribution is 2.32. The van der Waals surface area contributed by atoms with E-state index in [-0.39, 0.29) is 11.5 Å². The van der Waals surface area contributed by atoms with Gasteiger partial charge in [0.15, 0.2) is 5.76 Å². The van der Waals surface area contributed by atoms with Crippen LogP contribution in [-0.2, 0) is 6.18 Å². The Morgan fingerprint density at radius 3 is 2.77 bits per heavy atom. The van der Waals surface area contributed by atoms with Crippen molar-refractivity contribution in [3.05, 3.63) is 24.1 Å². The number of hydrogen-bond donors (Lipinski definition) is 0. The van der Waals surface area contributed by atoms with Gasteiger partial charge < -0.3 is 4.42 Å². The zero-order chi connectivity index (χ0) is 9.47. The normalized spacial score (nSPS) is 12.2. The molecule has 0 atom stereocenters. The van der Waals surface area contributed by atoms with Gasteiger partial charge in [-0.15, -0.1) is 5.10 Å². The fraction of sp³-hybridized carbons (Fsp3) is 0.143. The second kappa shape index (κ2) is 2.45. The van der Waals surface area contributed by atoms with Gasteiger partial charge in [-0.3, -0.25) is 0 Å². The summed E-state index contributed by atoms with van der Waals surface area (Å²) in [6.45, 7) is 0. The molecule has 0 bridgehead atoms. The Morgan fingerprint density at radius 1 is 1.31 bits per heavy atom. The predicted molar refractivity (Wildman–Crippen MR) is 35.9 cm³/mol. The summed E-state index contributed by atoms with van der Waals surface area (Å²) in [7, 11) is 0. The molecule has 0 saturated carbocycles. The van der Waals surface area contributed by atoms with Crippen LogP contribution in [-0.4, -0.2) is 10.2 Å². The molecule has 0 aromatic carbocycles. The molecular formula is C7H3F3N2O. The van der Waals surface area contributed by atoms with Crippen LogP contribution in [0.25, 0.3) is 11.5 Å². The van der Waals surface area contributed by atoms with Gasteiger partial charge in [0, 0.05) is 0 Å². The molecule has 0 aromatic heterocycles. The van der Waals surface area contributed by atoms with Gasteiger partial charge in [-0.2, -0.15) is 18.3 Å². The molecule has 0 spiro atoms. The summed E-state index contributed by atoms with van der Waals surface area (Å²) < 4.78 is 41.0. The molecule has 2 rings (SSSR count). The standard InChI is InChI=1S/C7H3F3N2O/c8-7(9,10)4-1-5-6(13-3-4)2-11-12-5/h1-3H. The maximum absolute atomic E-state index is 12.1. The van der Waals surface area contributed by atoms with E-state index in [1.165, 1.54) is 6.20 Å². The van der Waals surface area contributed by atoms with Crippen LogP contribution in [0.2, 0.25) is 0 Å². The monoisotopic (exact) mass is 188 g/mol. The van der Waals surface area contributed by atoms with Crippen LogP contribution in [0, 0.1) is 0 Å². The largest absolute Gasteiger partial charge is 0.460 e. The van der Waals surface area contributed by atoms with Gasteiger partial charge in [0.1, 0.15) is 12.0 Å². The van der Waals surface area contributed by atoms with Crippen molar-refractivity contribution in [3.8, 4) is 11.5 Å². The van der Waals surface area contributed by atoms with Gasteiger partial charge in [-0.25, -0.2) is 0 Å². The van der Waals surface area contributed by atoms with Crippen LogP contribution < -0.4 is 0 Å². The van der Waals surface area contributed by atoms with Crippen LogP contribution in [0.4, 0.5) is 13.2 Å². The summed E-state index contributed by atoms with van der Waals surface area (Å²) in [5, 5.41) is 6.86. The summed E-state index contributed by atoms with van der Waals surface area (Å²) in [6.07, 6.45) is -2.50. The third-order valence-electron chi connectivity index (χ3n) is 1.53. The van der Waals surface area contributed by atoms with Crippen molar-refractivity contribution in [1.82, 2.24) is 10.2 Å². The van der Waals surface area contributed by atoms with Gasteiger partial charge >= 0.3 is 6.18 Å². The van der Waals surface area contributed by atoms with Crippen molar-refractivity contribution in [1.29, 1.82) is 0 Å². The van der Waals surface area contributed by atoms with E-state index in [0.717, 1.165) is 6.07 Å². The van der Waals surface area contributed by atoms with Crippen molar-refractivity contribution >= 4 is 0 Å². The van der Waals surface area contributed by atoms with E-state index in [4.69, 9.17) is 0 Å². The number of alkyl halides is 3. The summed E-state index contributed by atoms with van der Waals surface area (Å²) >= 11 is 0. The molecule has 0 radical (unpaired) electrons. The quantitative estimate of drug-likeness (QED) is 0.636. The third kappa shape index (κ3) is 1.34. The summed E-state index contributed by atoms with van der Waals surface area (Å²) in [4.78, 5) is 0. The average molecular weight is 188 g/mol. The minimum absolute atomic E-state index is 0.106. The Kier molecular flexibility index (Phi) is 1.51. The molecule has 2 aliphatic rings. The minimum Gasteiger partial charge on any atom is -0.460 e. The molecule has 3 nitrogen and oxygen atoms in total. The lowest BCUT2D eigenvalue weighted by Crippen LogP contribution is -2.04. The van der Waals surface area contributed by atoms with Crippen molar-refractivity contribution in [2.24, 2.45) is 0 Å². The average Bonchev–Trinajstić information content (AvgIpc) is 2.47. The Hall–Kier alpha value is -1.59. The second-order valence-corrected chi connectivity index (χ2v) is 2.43. The Labute approximate surface area is 70.5 Å². The summed E-state index contributed by atoms with van der Waals surface area (Å²) in [5.41, 5.74) is -0.754. The fourth-order valence-corrected chi connectivity index (χ4v) is 0.907. The number of hydrogen-bond acceptors (Lipinski definition) is 3. The molecule has 0 fully saturated rings. The van der Waals surface area contributed by atoms with E-state index in [2.05, 4.69) is 14.6 Å². The molecule has 0 aromatic rings. The summed E-state index contributed by atoms with van der Waals surface area (Å²) in [5.74, 6) is 0.244. The molecule has 2 aliphatic heterocycles. The van der Waals surface area contributed by atoms with E-state index in [0.29, 0.717) is 6.26 Å². The van der Waals surface area contributed by atoms with Crippen molar-refractivity contribution in [2.75, 3.05) is 0 Å². The van der Waals surface area contributed by atoms with E-state index in [9.17, 15) is 13.2 Å². The molecule has 6 heteroatoms. The molecule has 0 N–H and O–H groups in total. The molecule has 0 saturated heterocycles. The lowest BCUT2D eigenvalue weighted by Gasteiger charge is -2.05. The maximum atomic E-state index is 12.1. The van der Waals surface area contributed by atoms with Gasteiger partial charge in [0.25, 0.3) is 0 Å². The van der Waals surface area contributed by atoms with E-state index < -0.39 is 11.7 Å². The lowest BCUT2D eigenvalue weighted by molar-refractivity contribution is -0.138. The van der Waals surface area contributed by atoms with Crippen molar-refractivity contribution < 1.29 is 17.6 Å². The first kappa shape index (κ1) is 8.03. The minimum atomic E-state index is -4.41. The lowest BCUT2D eigenvalue weighted by atomic mass is 10.2. The van der Waals surface area contributed by atoms with Crippen LogP contribution in [0.3, 0.4) is 0 Å². The van der Waals surface area contributed by atoms with Gasteiger partial charge in [-0.1, -0.05) is 0 Å². The third-order valence-corrected chi connectivity index (χ3v) is 1.53. The smallest absolute Gasteiger partial charge is 0.419 e. The van der Waals surface area contributed by atoms with Crippen LogP contribution in [0.1, 0.15) is 5.56 Å². The molecule has 0 amide bonds. The van der Waals surface area contributed by atoms with Crippen molar-refractivity contribution in [2.45, 2.75) is 6.18 Å². The number of aromatic nitrogens is 2. The van der Waals surface area contributed by atoms with Crippen LogP contribution in [0.5, 0.6) is 0 Å². The predicted octanol–water partition coefficient (Wildman–Crippen LogP) is 2.19. The number of rotatable bonds is 0. The van der Waals surface area contributed by atoms with E-state index >= 15 is 0 Å². The second-order valence-electron chi connectivity index (χ2n) is 2.43. The molecular weight excluding hydrogens is 185 g/mol. The molecule has 13 heavy (non-hydrogen) atoms. The first-order valence-corrected chi connectivity index (χ1v) is 3.34. The van der Waals surface area contributed by atoms with Crippen LogP contribution in [0.15, 0.2) is 22.9 Å². The Morgan fingerprint density at radius 2 is 2.08 bits per heavy atom. The fourth-order valence-electron chi connectivity index (χ4n) is 0.907. The molecule has 0 aliphatic carbocycles. The SMILES string of the molecule is FC(F)(F)c1coc2cnnc-2c1. The highest BCUT2D eigenvalue weighted by atomic mass is 19.4. The molecule has 68 valence electrons. The van der Waals surface area contributed by atoms with Crippen LogP contribution >= 0.6 is 0 Å². The number of nitrogens with zero attached hydrogens (tertiary/aromatic N) is 2. The zero-order valence-electron chi connectivity index (χ0n) is 6.17. The highest BCUT2D eigenvalue weighted by molar-refractivity contribution is 5.52. The van der Waals surface area contributed by atoms with Gasteiger partial charge in [0.2, 0.25) is 0 Å². The Bertz CT molecular complexity index is 395. The highest BCUT2D eigenvalue weighted by Gasteiger charge is 2.32. The van der Waals surface area contributed by atoms with Gasteiger partial charge in [-0.05, 0) is 6.07 Å². The topological polar surface area (TPSA) is 38.9 Å². The maximum Gasteiger partial charge on any atom is 0.419 e. The molecule has 0 unspecified atom stereocenters. The van der Waals surface area contributed by atoms with E-state index in [1.807, 2.05) is 0 Å². The van der Waals surface area contributed by atoms with E-state index in [1.54, 1.807) is 0 Å². The summed E-state index contributed by atoms with van der Waals surface area (Å²) in [6, 6.07) is 0.895. The molecule has 2 heterocycles. The zero-order valence-corrected chi connectivity index (χ0v) is 6.17. The number of fused-ring (bicyclic) bond motifs is 1. The van der Waals surface area contributed by atoms with Gasteiger partial charge in [0.05, 0.1) is 11.8 Å².